The number of nitro groups is 1. The van der Waals surface area contributed by atoms with Gasteiger partial charge in [-0.1, -0.05) is 48.2 Å². The first-order chi connectivity index (χ1) is 14.7. The number of ether oxygens (including phenoxy) is 1. The number of nitrogens with zero attached hydrogens (tertiary/aromatic N) is 4. The van der Waals surface area contributed by atoms with Crippen LogP contribution >= 0.6 is 11.8 Å². The Balaban J connectivity index is 1.72. The van der Waals surface area contributed by atoms with Gasteiger partial charge in [0.25, 0.3) is 5.69 Å². The van der Waals surface area contributed by atoms with Crippen LogP contribution in [0.3, 0.4) is 0 Å². The number of hydrogen-bond donors (Lipinski definition) is 0. The van der Waals surface area contributed by atoms with Gasteiger partial charge in [0.1, 0.15) is 5.75 Å². The van der Waals surface area contributed by atoms with E-state index in [1.807, 2.05) is 59.2 Å². The second-order valence-corrected chi connectivity index (χ2v) is 7.32. The summed E-state index contributed by atoms with van der Waals surface area (Å²) < 4.78 is 7.20. The molecule has 0 N–H and O–H groups in total. The number of aromatic nitrogens is 3. The van der Waals surface area contributed by atoms with Crippen LogP contribution in [0.1, 0.15) is 5.56 Å². The largest absolute Gasteiger partial charge is 0.497 e. The van der Waals surface area contributed by atoms with Gasteiger partial charge >= 0.3 is 0 Å². The van der Waals surface area contributed by atoms with E-state index in [1.165, 1.54) is 17.8 Å². The molecule has 4 aromatic rings. The Labute approximate surface area is 177 Å². The molecule has 0 bridgehead atoms. The number of thioether (sulfide) groups is 1. The van der Waals surface area contributed by atoms with E-state index in [-0.39, 0.29) is 10.6 Å². The van der Waals surface area contributed by atoms with Gasteiger partial charge in [0.2, 0.25) is 0 Å². The third kappa shape index (κ3) is 4.04. The van der Waals surface area contributed by atoms with Gasteiger partial charge in [-0.25, -0.2) is 0 Å². The molecular weight excluding hydrogens is 400 g/mol. The van der Waals surface area contributed by atoms with Gasteiger partial charge in [-0.3, -0.25) is 14.7 Å². The summed E-state index contributed by atoms with van der Waals surface area (Å²) in [4.78, 5) is 11.0. The molecule has 0 aliphatic carbocycles. The van der Waals surface area contributed by atoms with E-state index in [4.69, 9.17) is 4.74 Å². The fourth-order valence-corrected chi connectivity index (χ4v) is 4.00. The van der Waals surface area contributed by atoms with Crippen LogP contribution in [0.15, 0.2) is 84.0 Å². The van der Waals surface area contributed by atoms with Gasteiger partial charge in [0.05, 0.1) is 12.0 Å². The van der Waals surface area contributed by atoms with Crippen molar-refractivity contribution in [2.45, 2.75) is 10.9 Å². The molecule has 7 nitrogen and oxygen atoms in total. The second-order valence-electron chi connectivity index (χ2n) is 6.38. The predicted molar refractivity (Wildman–Crippen MR) is 116 cm³/mol. The maximum absolute atomic E-state index is 11.3. The molecule has 0 unspecified atom stereocenters. The monoisotopic (exact) mass is 418 g/mol. The maximum Gasteiger partial charge on any atom is 0.273 e. The molecule has 0 saturated carbocycles. The quantitative estimate of drug-likeness (QED) is 0.235. The summed E-state index contributed by atoms with van der Waals surface area (Å²) in [6, 6.07) is 24.1. The lowest BCUT2D eigenvalue weighted by Gasteiger charge is -2.11. The Hall–Kier alpha value is -3.65. The molecule has 0 aliphatic heterocycles. The SMILES string of the molecule is COc1ccc(-c2nnc(SCc3ccccc3[N+](=O)[O-])n2-c2ccccc2)cc1. The van der Waals surface area contributed by atoms with Gasteiger partial charge in [0, 0.05) is 28.6 Å². The van der Waals surface area contributed by atoms with Crippen LogP contribution < -0.4 is 4.74 Å². The highest BCUT2D eigenvalue weighted by Gasteiger charge is 2.18. The summed E-state index contributed by atoms with van der Waals surface area (Å²) in [5.74, 6) is 1.86. The molecule has 1 heterocycles. The average Bonchev–Trinajstić information content (AvgIpc) is 3.22. The molecule has 3 aromatic carbocycles. The Kier molecular flexibility index (Phi) is 5.76. The Morgan fingerprint density at radius 2 is 1.67 bits per heavy atom. The highest BCUT2D eigenvalue weighted by molar-refractivity contribution is 7.98. The van der Waals surface area contributed by atoms with Crippen LogP contribution in [0.5, 0.6) is 5.75 Å². The van der Waals surface area contributed by atoms with Crippen molar-refractivity contribution in [1.82, 2.24) is 14.8 Å². The van der Waals surface area contributed by atoms with Crippen LogP contribution in [0.25, 0.3) is 17.1 Å². The maximum atomic E-state index is 11.3. The van der Waals surface area contributed by atoms with Crippen LogP contribution in [0, 0.1) is 10.1 Å². The van der Waals surface area contributed by atoms with Gasteiger partial charge in [0.15, 0.2) is 11.0 Å². The summed E-state index contributed by atoms with van der Waals surface area (Å²) in [6.07, 6.45) is 0. The van der Waals surface area contributed by atoms with Crippen molar-refractivity contribution in [3.05, 3.63) is 94.5 Å². The standard InChI is InChI=1S/C22H18N4O3S/c1-29-19-13-11-16(12-14-19)21-23-24-22(25(21)18-8-3-2-4-9-18)30-15-17-7-5-6-10-20(17)26(27)28/h2-14H,15H2,1H3. The number of nitro benzene ring substituents is 1. The van der Waals surface area contributed by atoms with Crippen molar-refractivity contribution < 1.29 is 9.66 Å². The minimum Gasteiger partial charge on any atom is -0.497 e. The smallest absolute Gasteiger partial charge is 0.273 e. The zero-order valence-electron chi connectivity index (χ0n) is 16.1. The Bertz CT molecular complexity index is 1160. The number of hydrogen-bond acceptors (Lipinski definition) is 6. The topological polar surface area (TPSA) is 83.1 Å². The van der Waals surface area contributed by atoms with Gasteiger partial charge in [-0.2, -0.15) is 0 Å². The number of para-hydroxylation sites is 2. The van der Waals surface area contributed by atoms with Crippen molar-refractivity contribution in [3.63, 3.8) is 0 Å². The first-order valence-electron chi connectivity index (χ1n) is 9.17. The fraction of sp³-hybridized carbons (Fsp3) is 0.0909. The van der Waals surface area contributed by atoms with E-state index in [2.05, 4.69) is 10.2 Å². The zero-order chi connectivity index (χ0) is 20.9. The zero-order valence-corrected chi connectivity index (χ0v) is 17.0. The van der Waals surface area contributed by atoms with Crippen molar-refractivity contribution in [1.29, 1.82) is 0 Å². The number of rotatable bonds is 7. The van der Waals surface area contributed by atoms with Crippen LogP contribution in [0.2, 0.25) is 0 Å². The minimum atomic E-state index is -0.361. The lowest BCUT2D eigenvalue weighted by Crippen LogP contribution is -2.00. The number of benzene rings is 3. The lowest BCUT2D eigenvalue weighted by molar-refractivity contribution is -0.385. The molecule has 1 aromatic heterocycles. The molecular formula is C22H18N4O3S. The Morgan fingerprint density at radius 1 is 0.967 bits per heavy atom. The molecule has 0 saturated heterocycles. The molecule has 0 spiro atoms. The van der Waals surface area contributed by atoms with Crippen molar-refractivity contribution >= 4 is 17.4 Å². The highest BCUT2D eigenvalue weighted by Crippen LogP contribution is 2.32. The summed E-state index contributed by atoms with van der Waals surface area (Å²) >= 11 is 1.41. The molecule has 0 fully saturated rings. The Morgan fingerprint density at radius 3 is 2.37 bits per heavy atom. The first-order valence-corrected chi connectivity index (χ1v) is 10.2. The molecule has 150 valence electrons. The van der Waals surface area contributed by atoms with Crippen molar-refractivity contribution in [2.75, 3.05) is 7.11 Å². The third-order valence-corrected chi connectivity index (χ3v) is 5.52. The van der Waals surface area contributed by atoms with Crippen molar-refractivity contribution in [3.8, 4) is 22.8 Å². The van der Waals surface area contributed by atoms with Crippen molar-refractivity contribution in [2.24, 2.45) is 0 Å². The van der Waals surface area contributed by atoms with E-state index in [0.29, 0.717) is 22.3 Å². The molecule has 30 heavy (non-hydrogen) atoms. The summed E-state index contributed by atoms with van der Waals surface area (Å²) in [7, 11) is 1.62. The fourth-order valence-electron chi connectivity index (χ4n) is 3.05. The van der Waals surface area contributed by atoms with Crippen LogP contribution in [-0.2, 0) is 5.75 Å². The molecule has 8 heteroatoms. The predicted octanol–water partition coefficient (Wildman–Crippen LogP) is 5.14. The molecule has 4 rings (SSSR count). The minimum absolute atomic E-state index is 0.103. The van der Waals surface area contributed by atoms with Gasteiger partial charge in [-0.05, 0) is 36.4 Å². The van der Waals surface area contributed by atoms with E-state index >= 15 is 0 Å². The highest BCUT2D eigenvalue weighted by atomic mass is 32.2. The van der Waals surface area contributed by atoms with E-state index in [9.17, 15) is 10.1 Å². The van der Waals surface area contributed by atoms with Gasteiger partial charge in [-0.15, -0.1) is 10.2 Å². The second kappa shape index (κ2) is 8.79. The molecule has 0 aliphatic rings. The van der Waals surface area contributed by atoms with Crippen LogP contribution in [0.4, 0.5) is 5.69 Å². The lowest BCUT2D eigenvalue weighted by atomic mass is 10.2. The third-order valence-electron chi connectivity index (χ3n) is 4.54. The molecule has 0 amide bonds. The summed E-state index contributed by atoms with van der Waals surface area (Å²) in [5, 5.41) is 20.8. The van der Waals surface area contributed by atoms with E-state index < -0.39 is 0 Å². The first kappa shape index (κ1) is 19.7. The van der Waals surface area contributed by atoms with Gasteiger partial charge < -0.3 is 4.74 Å². The van der Waals surface area contributed by atoms with Crippen LogP contribution in [-0.4, -0.2) is 26.8 Å². The van der Waals surface area contributed by atoms with E-state index in [0.717, 1.165) is 17.0 Å². The number of methoxy groups -OCH3 is 1. The summed E-state index contributed by atoms with van der Waals surface area (Å²) in [5.41, 5.74) is 2.55. The molecule has 0 radical (unpaired) electrons. The van der Waals surface area contributed by atoms with E-state index in [1.54, 1.807) is 25.3 Å². The summed E-state index contributed by atoms with van der Waals surface area (Å²) in [6.45, 7) is 0. The average molecular weight is 418 g/mol. The normalized spacial score (nSPS) is 10.7. The molecule has 0 atom stereocenters.